The number of aromatic amines is 1. The third kappa shape index (κ3) is 5.25. The van der Waals surface area contributed by atoms with Crippen molar-refractivity contribution in [3.8, 4) is 0 Å². The Bertz CT molecular complexity index is 1440. The molecule has 194 valence electrons. The number of pyridine rings is 1. The first-order chi connectivity index (χ1) is 18.0. The van der Waals surface area contributed by atoms with Gasteiger partial charge in [0.15, 0.2) is 5.82 Å². The molecule has 4 aromatic rings. The molecule has 0 aliphatic carbocycles. The number of fused-ring (bicyclic) bond motifs is 1. The Hall–Kier alpha value is -3.27. The average Bonchev–Trinajstić information content (AvgIpc) is 3.37. The van der Waals surface area contributed by atoms with E-state index >= 15 is 0 Å². The number of aryl methyl sites for hydroxylation is 2. The molecule has 0 spiro atoms. The van der Waals surface area contributed by atoms with E-state index in [9.17, 15) is 4.79 Å². The topological polar surface area (TPSA) is 92.2 Å². The number of tetrazole rings is 1. The monoisotopic (exact) mass is 521 g/mol. The highest BCUT2D eigenvalue weighted by molar-refractivity contribution is 6.30. The summed E-state index contributed by atoms with van der Waals surface area (Å²) < 4.78 is 7.02. The molecule has 1 saturated heterocycles. The van der Waals surface area contributed by atoms with E-state index in [1.807, 2.05) is 24.3 Å². The van der Waals surface area contributed by atoms with Crippen LogP contribution in [0.4, 0.5) is 5.69 Å². The largest absolute Gasteiger partial charge is 0.383 e. The number of hydrogen-bond acceptors (Lipinski definition) is 7. The van der Waals surface area contributed by atoms with Crippen molar-refractivity contribution in [2.75, 3.05) is 44.8 Å². The van der Waals surface area contributed by atoms with E-state index in [2.05, 4.69) is 62.4 Å². The van der Waals surface area contributed by atoms with Crippen molar-refractivity contribution in [3.05, 3.63) is 80.4 Å². The van der Waals surface area contributed by atoms with Crippen LogP contribution in [0.3, 0.4) is 0 Å². The zero-order valence-electron chi connectivity index (χ0n) is 21.4. The van der Waals surface area contributed by atoms with Crippen LogP contribution in [0.2, 0.25) is 5.02 Å². The van der Waals surface area contributed by atoms with Gasteiger partial charge < -0.3 is 14.6 Å². The van der Waals surface area contributed by atoms with E-state index in [1.54, 1.807) is 11.8 Å². The van der Waals surface area contributed by atoms with Crippen LogP contribution in [0.5, 0.6) is 0 Å². The van der Waals surface area contributed by atoms with Gasteiger partial charge in [-0.2, -0.15) is 0 Å². The Labute approximate surface area is 221 Å². The van der Waals surface area contributed by atoms with Crippen molar-refractivity contribution in [2.24, 2.45) is 0 Å². The van der Waals surface area contributed by atoms with Gasteiger partial charge in [0.25, 0.3) is 5.56 Å². The summed E-state index contributed by atoms with van der Waals surface area (Å²) in [4.78, 5) is 21.2. The predicted octanol–water partition coefficient (Wildman–Crippen LogP) is 3.60. The number of piperazine rings is 1. The Morgan fingerprint density at radius 2 is 1.92 bits per heavy atom. The number of methoxy groups -OCH3 is 1. The van der Waals surface area contributed by atoms with E-state index in [0.29, 0.717) is 24.5 Å². The standard InChI is InChI=1S/C27H32ClN7O2/c1-4-19-6-8-23-20(15-19)16-22(27(36)29-23)25(26-30-31-32-35(26)13-14-37-3)34-11-9-33(10-12-34)24-17-21(28)7-5-18(24)2/h5-8,15-17,25H,4,9-14H2,1-3H3,(H,29,36). The molecular formula is C27H32ClN7O2. The summed E-state index contributed by atoms with van der Waals surface area (Å²) in [5, 5.41) is 14.3. The summed E-state index contributed by atoms with van der Waals surface area (Å²) in [6, 6.07) is 13.8. The number of nitrogens with zero attached hydrogens (tertiary/aromatic N) is 6. The van der Waals surface area contributed by atoms with Crippen LogP contribution in [0, 0.1) is 6.92 Å². The second-order valence-electron chi connectivity index (χ2n) is 9.44. The average molecular weight is 522 g/mol. The lowest BCUT2D eigenvalue weighted by molar-refractivity contribution is 0.171. The van der Waals surface area contributed by atoms with Gasteiger partial charge in [0.05, 0.1) is 13.2 Å². The molecule has 1 N–H and O–H groups in total. The van der Waals surface area contributed by atoms with Crippen molar-refractivity contribution in [2.45, 2.75) is 32.9 Å². The highest BCUT2D eigenvalue weighted by atomic mass is 35.5. The fourth-order valence-electron chi connectivity index (χ4n) is 5.08. The van der Waals surface area contributed by atoms with Crippen LogP contribution in [-0.4, -0.2) is 70.0 Å². The molecular weight excluding hydrogens is 490 g/mol. The molecule has 10 heteroatoms. The molecule has 5 rings (SSSR count). The van der Waals surface area contributed by atoms with Crippen molar-refractivity contribution in [3.63, 3.8) is 0 Å². The minimum absolute atomic E-state index is 0.129. The lowest BCUT2D eigenvalue weighted by Gasteiger charge is -2.40. The van der Waals surface area contributed by atoms with Crippen molar-refractivity contribution < 1.29 is 4.74 Å². The quantitative estimate of drug-likeness (QED) is 0.379. The van der Waals surface area contributed by atoms with E-state index < -0.39 is 6.04 Å². The number of aromatic nitrogens is 5. The molecule has 1 aliphatic heterocycles. The van der Waals surface area contributed by atoms with Gasteiger partial charge in [0.1, 0.15) is 6.04 Å². The summed E-state index contributed by atoms with van der Waals surface area (Å²) in [5.41, 5.74) is 4.89. The third-order valence-electron chi connectivity index (χ3n) is 7.14. The van der Waals surface area contributed by atoms with Crippen molar-refractivity contribution in [1.82, 2.24) is 30.1 Å². The molecule has 0 bridgehead atoms. The lowest BCUT2D eigenvalue weighted by atomic mass is 10.0. The second-order valence-corrected chi connectivity index (χ2v) is 9.87. The number of hydrogen-bond donors (Lipinski definition) is 1. The molecule has 3 heterocycles. The van der Waals surface area contributed by atoms with Crippen LogP contribution >= 0.6 is 11.6 Å². The van der Waals surface area contributed by atoms with E-state index in [4.69, 9.17) is 16.3 Å². The fourth-order valence-corrected chi connectivity index (χ4v) is 5.25. The fraction of sp³-hybridized carbons (Fsp3) is 0.407. The van der Waals surface area contributed by atoms with Gasteiger partial charge in [-0.05, 0) is 70.6 Å². The maximum Gasteiger partial charge on any atom is 0.253 e. The third-order valence-corrected chi connectivity index (χ3v) is 7.38. The Morgan fingerprint density at radius 3 is 2.68 bits per heavy atom. The minimum atomic E-state index is -0.395. The van der Waals surface area contributed by atoms with E-state index in [0.717, 1.165) is 54.2 Å². The number of benzene rings is 2. The first kappa shape index (κ1) is 25.4. The maximum atomic E-state index is 13.5. The molecule has 1 fully saturated rings. The maximum absolute atomic E-state index is 13.5. The predicted molar refractivity (Wildman–Crippen MR) is 145 cm³/mol. The molecule has 9 nitrogen and oxygen atoms in total. The minimum Gasteiger partial charge on any atom is -0.383 e. The van der Waals surface area contributed by atoms with E-state index in [1.165, 1.54) is 11.1 Å². The van der Waals surface area contributed by atoms with Gasteiger partial charge in [-0.25, -0.2) is 4.68 Å². The summed E-state index contributed by atoms with van der Waals surface area (Å²) in [5.74, 6) is 0.640. The van der Waals surface area contributed by atoms with Gasteiger partial charge in [-0.1, -0.05) is 30.7 Å². The lowest BCUT2D eigenvalue weighted by Crippen LogP contribution is -2.49. The number of halogens is 1. The second kappa shape index (κ2) is 11.0. The first-order valence-electron chi connectivity index (χ1n) is 12.6. The van der Waals surface area contributed by atoms with Gasteiger partial charge in [0.2, 0.25) is 0 Å². The SMILES string of the molecule is CCc1ccc2[nH]c(=O)c(C(c3nnnn3CCOC)N3CCN(c4cc(Cl)ccc4C)CC3)cc2c1. The van der Waals surface area contributed by atoms with Crippen LogP contribution < -0.4 is 10.5 Å². The molecule has 1 unspecified atom stereocenters. The van der Waals surface area contributed by atoms with Gasteiger partial charge >= 0.3 is 0 Å². The smallest absolute Gasteiger partial charge is 0.253 e. The normalized spacial score (nSPS) is 15.4. The van der Waals surface area contributed by atoms with Crippen molar-refractivity contribution in [1.29, 1.82) is 0 Å². The molecule has 2 aromatic carbocycles. The summed E-state index contributed by atoms with van der Waals surface area (Å²) >= 11 is 6.30. The Balaban J connectivity index is 1.53. The Morgan fingerprint density at radius 1 is 1.11 bits per heavy atom. The number of anilines is 1. The summed E-state index contributed by atoms with van der Waals surface area (Å²) in [6.45, 7) is 8.26. The zero-order valence-corrected chi connectivity index (χ0v) is 22.2. The molecule has 1 aliphatic rings. The Kier molecular flexibility index (Phi) is 7.55. The first-order valence-corrected chi connectivity index (χ1v) is 13.0. The summed E-state index contributed by atoms with van der Waals surface area (Å²) in [7, 11) is 1.65. The molecule has 1 atom stereocenters. The van der Waals surface area contributed by atoms with Crippen molar-refractivity contribution >= 4 is 28.2 Å². The highest BCUT2D eigenvalue weighted by Crippen LogP contribution is 2.31. The molecule has 0 saturated carbocycles. The number of rotatable bonds is 8. The number of nitrogens with one attached hydrogen (secondary N) is 1. The molecule has 0 radical (unpaired) electrons. The number of H-pyrrole nitrogens is 1. The molecule has 37 heavy (non-hydrogen) atoms. The van der Waals surface area contributed by atoms with Gasteiger partial charge in [0, 0.05) is 55.1 Å². The van der Waals surface area contributed by atoms with Crippen LogP contribution in [0.25, 0.3) is 10.9 Å². The number of ether oxygens (including phenoxy) is 1. The van der Waals surface area contributed by atoms with Crippen LogP contribution in [0.1, 0.15) is 35.5 Å². The highest BCUT2D eigenvalue weighted by Gasteiger charge is 2.33. The molecule has 0 amide bonds. The van der Waals surface area contributed by atoms with E-state index in [-0.39, 0.29) is 5.56 Å². The summed E-state index contributed by atoms with van der Waals surface area (Å²) in [6.07, 6.45) is 0.925. The molecule has 2 aromatic heterocycles. The van der Waals surface area contributed by atoms with Crippen LogP contribution in [0.15, 0.2) is 47.3 Å². The van der Waals surface area contributed by atoms with Gasteiger partial charge in [-0.15, -0.1) is 5.10 Å². The van der Waals surface area contributed by atoms with Crippen LogP contribution in [-0.2, 0) is 17.7 Å². The van der Waals surface area contributed by atoms with Gasteiger partial charge in [-0.3, -0.25) is 9.69 Å². The zero-order chi connectivity index (χ0) is 25.9.